The molecule has 0 amide bonds. The fourth-order valence-electron chi connectivity index (χ4n) is 1.76. The molecule has 0 aliphatic rings. The van der Waals surface area contributed by atoms with Gasteiger partial charge in [0, 0.05) is 0 Å². The molecule has 2 aromatic heterocycles. The van der Waals surface area contributed by atoms with Crippen molar-refractivity contribution >= 4 is 30.4 Å². The van der Waals surface area contributed by atoms with Gasteiger partial charge in [0.25, 0.3) is 0 Å². The summed E-state index contributed by atoms with van der Waals surface area (Å²) in [5, 5.41) is 0.253. The highest BCUT2D eigenvalue weighted by atomic mass is 35.5. The van der Waals surface area contributed by atoms with Gasteiger partial charge in [-0.15, -0.1) is 0 Å². The molecule has 0 atom stereocenters. The molecule has 11 heteroatoms. The number of fused-ring (bicyclic) bond motifs is 1. The van der Waals surface area contributed by atoms with Crippen LogP contribution in [0.1, 0.15) is 13.8 Å². The minimum absolute atomic E-state index is 0.128. The number of imidazole rings is 1. The van der Waals surface area contributed by atoms with Crippen LogP contribution in [0.25, 0.3) is 11.2 Å². The van der Waals surface area contributed by atoms with Gasteiger partial charge in [0.15, 0.2) is 5.15 Å². The molecule has 0 spiro atoms. The maximum absolute atomic E-state index is 12.2. The third-order valence-corrected chi connectivity index (χ3v) is 4.70. The van der Waals surface area contributed by atoms with Gasteiger partial charge in [0.1, 0.15) is 31.1 Å². The second-order valence-electron chi connectivity index (χ2n) is 4.22. The molecular formula is C12H18ClN4O5P. The minimum Gasteiger partial charge on any atom is -0.408 e. The summed E-state index contributed by atoms with van der Waals surface area (Å²) in [5.74, 6) is 0. The molecule has 0 N–H and O–H groups in total. The number of halogens is 1. The van der Waals surface area contributed by atoms with Crippen LogP contribution in [0.15, 0.2) is 12.7 Å². The molecule has 0 bridgehead atoms. The summed E-state index contributed by atoms with van der Waals surface area (Å²) >= 11 is 5.90. The zero-order valence-electron chi connectivity index (χ0n) is 12.8. The molecule has 2 heterocycles. The molecule has 0 unspecified atom stereocenters. The van der Waals surface area contributed by atoms with E-state index in [0.29, 0.717) is 24.4 Å². The van der Waals surface area contributed by atoms with Crippen molar-refractivity contribution in [3.8, 4) is 0 Å². The summed E-state index contributed by atoms with van der Waals surface area (Å²) < 4.78 is 29.1. The normalized spacial score (nSPS) is 12.0. The van der Waals surface area contributed by atoms with E-state index in [0.717, 1.165) is 0 Å². The first-order valence-electron chi connectivity index (χ1n) is 7.02. The van der Waals surface area contributed by atoms with E-state index in [1.807, 2.05) is 0 Å². The monoisotopic (exact) mass is 364 g/mol. The molecule has 2 rings (SSSR count). The third-order valence-electron chi connectivity index (χ3n) is 2.62. The van der Waals surface area contributed by atoms with E-state index in [1.54, 1.807) is 13.8 Å². The maximum atomic E-state index is 12.2. The molecule has 0 radical (unpaired) electrons. The Hall–Kier alpha value is -1.25. The van der Waals surface area contributed by atoms with Gasteiger partial charge in [-0.2, -0.15) is 4.73 Å². The van der Waals surface area contributed by atoms with E-state index in [2.05, 4.69) is 15.0 Å². The van der Waals surface area contributed by atoms with Gasteiger partial charge in [-0.05, 0) is 13.8 Å². The number of rotatable bonds is 10. The Kier molecular flexibility index (Phi) is 6.73. The highest BCUT2D eigenvalue weighted by Gasteiger charge is 2.23. The van der Waals surface area contributed by atoms with Crippen LogP contribution in [0.2, 0.25) is 5.15 Å². The predicted octanol–water partition coefficient (Wildman–Crippen LogP) is 2.15. The average molecular weight is 365 g/mol. The number of ether oxygens (including phenoxy) is 1. The molecule has 0 saturated carbocycles. The first kappa shape index (κ1) is 18.1. The Balaban J connectivity index is 1.81. The van der Waals surface area contributed by atoms with Gasteiger partial charge in [-0.25, -0.2) is 15.0 Å². The van der Waals surface area contributed by atoms with Gasteiger partial charge in [-0.3, -0.25) is 4.57 Å². The predicted molar refractivity (Wildman–Crippen MR) is 83.5 cm³/mol. The average Bonchev–Trinajstić information content (AvgIpc) is 2.92. The number of aromatic nitrogens is 4. The lowest BCUT2D eigenvalue weighted by Gasteiger charge is -2.16. The highest BCUT2D eigenvalue weighted by molar-refractivity contribution is 7.53. The second kappa shape index (κ2) is 8.56. The number of nitrogens with zero attached hydrogens (tertiary/aromatic N) is 4. The molecule has 128 valence electrons. The zero-order valence-corrected chi connectivity index (χ0v) is 14.5. The lowest BCUT2D eigenvalue weighted by Crippen LogP contribution is -2.17. The Morgan fingerprint density at radius 2 is 1.91 bits per heavy atom. The highest BCUT2D eigenvalue weighted by Crippen LogP contribution is 2.47. The minimum atomic E-state index is -3.20. The Morgan fingerprint density at radius 3 is 2.61 bits per heavy atom. The van der Waals surface area contributed by atoms with Gasteiger partial charge in [-0.1, -0.05) is 11.6 Å². The first-order chi connectivity index (χ1) is 11.1. The topological polar surface area (TPSA) is 97.6 Å². The Labute approximate surface area is 138 Å². The van der Waals surface area contributed by atoms with Crippen molar-refractivity contribution in [1.29, 1.82) is 0 Å². The summed E-state index contributed by atoms with van der Waals surface area (Å²) in [6, 6.07) is 0. The summed E-state index contributed by atoms with van der Waals surface area (Å²) in [6.07, 6.45) is 2.64. The van der Waals surface area contributed by atoms with Crippen molar-refractivity contribution in [3.05, 3.63) is 17.8 Å². The summed E-state index contributed by atoms with van der Waals surface area (Å²) in [6.45, 7) is 4.46. The summed E-state index contributed by atoms with van der Waals surface area (Å²) in [4.78, 5) is 17.4. The van der Waals surface area contributed by atoms with E-state index in [1.165, 1.54) is 17.4 Å². The van der Waals surface area contributed by atoms with E-state index < -0.39 is 7.60 Å². The molecular weight excluding hydrogens is 347 g/mol. The molecule has 0 fully saturated rings. The molecule has 0 aliphatic carbocycles. The van der Waals surface area contributed by atoms with Gasteiger partial charge < -0.3 is 18.6 Å². The van der Waals surface area contributed by atoms with Gasteiger partial charge >= 0.3 is 7.60 Å². The largest absolute Gasteiger partial charge is 0.408 e. The van der Waals surface area contributed by atoms with Gasteiger partial charge in [0.05, 0.1) is 19.8 Å². The molecule has 9 nitrogen and oxygen atoms in total. The van der Waals surface area contributed by atoms with Gasteiger partial charge in [0.2, 0.25) is 5.65 Å². The van der Waals surface area contributed by atoms with Crippen LogP contribution in [-0.4, -0.2) is 52.5 Å². The van der Waals surface area contributed by atoms with Crippen molar-refractivity contribution in [3.63, 3.8) is 0 Å². The second-order valence-corrected chi connectivity index (χ2v) is 6.58. The van der Waals surface area contributed by atoms with Crippen molar-refractivity contribution in [2.24, 2.45) is 0 Å². The van der Waals surface area contributed by atoms with Crippen molar-refractivity contribution in [1.82, 2.24) is 19.7 Å². The SMILES string of the molecule is CCOP(=O)(COCCOn1cnc2c(Cl)ncnc21)OCC. The molecule has 0 aromatic carbocycles. The van der Waals surface area contributed by atoms with Crippen molar-refractivity contribution < 1.29 is 23.2 Å². The molecule has 0 saturated heterocycles. The zero-order chi connectivity index (χ0) is 16.7. The summed E-state index contributed by atoms with van der Waals surface area (Å²) in [5.41, 5.74) is 0.909. The molecule has 0 aliphatic heterocycles. The standard InChI is InChI=1S/C12H18ClN4O5P/c1-3-21-23(18,22-4-2)9-19-5-6-20-17-8-16-10-11(13)14-7-15-12(10)17/h7-8H,3-6,9H2,1-2H3. The van der Waals surface area contributed by atoms with Crippen LogP contribution in [0.3, 0.4) is 0 Å². The lowest BCUT2D eigenvalue weighted by atomic mass is 10.6. The van der Waals surface area contributed by atoms with E-state index in [9.17, 15) is 4.57 Å². The first-order valence-corrected chi connectivity index (χ1v) is 9.13. The molecule has 2 aromatic rings. The third kappa shape index (κ3) is 4.86. The number of hydrogen-bond acceptors (Lipinski definition) is 8. The van der Waals surface area contributed by atoms with Crippen LogP contribution in [-0.2, 0) is 18.3 Å². The van der Waals surface area contributed by atoms with Crippen LogP contribution in [0.4, 0.5) is 0 Å². The van der Waals surface area contributed by atoms with E-state index in [-0.39, 0.29) is 24.7 Å². The van der Waals surface area contributed by atoms with Crippen LogP contribution in [0, 0.1) is 0 Å². The van der Waals surface area contributed by atoms with Crippen LogP contribution in [0.5, 0.6) is 0 Å². The molecule has 23 heavy (non-hydrogen) atoms. The quantitative estimate of drug-likeness (QED) is 0.359. The van der Waals surface area contributed by atoms with E-state index >= 15 is 0 Å². The Morgan fingerprint density at radius 1 is 1.17 bits per heavy atom. The fourth-order valence-corrected chi connectivity index (χ4v) is 3.30. The van der Waals surface area contributed by atoms with Crippen molar-refractivity contribution in [2.45, 2.75) is 13.8 Å². The Bertz CT molecular complexity index is 673. The van der Waals surface area contributed by atoms with Crippen LogP contribution < -0.4 is 4.84 Å². The van der Waals surface area contributed by atoms with Crippen molar-refractivity contribution in [2.75, 3.05) is 32.8 Å². The maximum Gasteiger partial charge on any atom is 0.356 e. The lowest BCUT2D eigenvalue weighted by molar-refractivity contribution is 0.0488. The van der Waals surface area contributed by atoms with E-state index in [4.69, 9.17) is 30.2 Å². The fraction of sp³-hybridized carbons (Fsp3) is 0.583. The smallest absolute Gasteiger partial charge is 0.356 e. The summed E-state index contributed by atoms with van der Waals surface area (Å²) in [7, 11) is -3.20. The van der Waals surface area contributed by atoms with Crippen LogP contribution >= 0.6 is 19.2 Å². The number of hydrogen-bond donors (Lipinski definition) is 0.